The number of nitrogens with one attached hydrogen (secondary N) is 1. The first-order chi connectivity index (χ1) is 15.2. The lowest BCUT2D eigenvalue weighted by atomic mass is 9.99. The summed E-state index contributed by atoms with van der Waals surface area (Å²) >= 11 is 0. The van der Waals surface area contributed by atoms with Gasteiger partial charge in [-0.25, -0.2) is 13.2 Å². The predicted molar refractivity (Wildman–Crippen MR) is 118 cm³/mol. The fourth-order valence-electron chi connectivity index (χ4n) is 4.32. The molecule has 2 aromatic heterocycles. The molecule has 0 saturated carbocycles. The number of rotatable bonds is 8. The second-order valence-corrected chi connectivity index (χ2v) is 9.71. The Morgan fingerprint density at radius 1 is 1.25 bits per heavy atom. The summed E-state index contributed by atoms with van der Waals surface area (Å²) in [6, 6.07) is 3.50. The molecule has 3 rings (SSSR count). The van der Waals surface area contributed by atoms with E-state index in [1.807, 2.05) is 6.92 Å². The van der Waals surface area contributed by atoms with Crippen LogP contribution < -0.4 is 5.32 Å². The number of ether oxygens (including phenoxy) is 1. The maximum Gasteiger partial charge on any atom is 0.341 e. The second kappa shape index (κ2) is 9.91. The highest BCUT2D eigenvalue weighted by molar-refractivity contribution is 7.89. The van der Waals surface area contributed by atoms with Gasteiger partial charge in [-0.1, -0.05) is 0 Å². The summed E-state index contributed by atoms with van der Waals surface area (Å²) in [5, 5.41) is 2.81. The van der Waals surface area contributed by atoms with Crippen LogP contribution in [0.3, 0.4) is 0 Å². The van der Waals surface area contributed by atoms with Crippen molar-refractivity contribution in [2.75, 3.05) is 19.7 Å². The molecule has 0 spiro atoms. The Hall–Kier alpha value is -2.59. The number of aromatic nitrogens is 1. The zero-order valence-electron chi connectivity index (χ0n) is 19.0. The van der Waals surface area contributed by atoms with Crippen molar-refractivity contribution in [3.8, 4) is 0 Å². The Kier molecular flexibility index (Phi) is 7.45. The summed E-state index contributed by atoms with van der Waals surface area (Å²) in [5.74, 6) is -0.714. The third-order valence-electron chi connectivity index (χ3n) is 5.89. The van der Waals surface area contributed by atoms with Crippen LogP contribution in [0.15, 0.2) is 27.7 Å². The van der Waals surface area contributed by atoms with Gasteiger partial charge in [-0.15, -0.1) is 0 Å². The minimum Gasteiger partial charge on any atom is -0.467 e. The lowest BCUT2D eigenvalue weighted by molar-refractivity contribution is -0.126. The van der Waals surface area contributed by atoms with E-state index >= 15 is 0 Å². The Labute approximate surface area is 188 Å². The number of nitrogens with zero attached hydrogens (tertiary/aromatic N) is 2. The van der Waals surface area contributed by atoms with Crippen LogP contribution >= 0.6 is 0 Å². The molecule has 1 N–H and O–H groups in total. The highest BCUT2D eigenvalue weighted by Crippen LogP contribution is 2.32. The Bertz CT molecular complexity index is 1070. The Morgan fingerprint density at radius 2 is 2.00 bits per heavy atom. The van der Waals surface area contributed by atoms with Gasteiger partial charge in [0, 0.05) is 31.0 Å². The Balaban J connectivity index is 1.87. The molecule has 1 fully saturated rings. The zero-order chi connectivity index (χ0) is 23.5. The zero-order valence-corrected chi connectivity index (χ0v) is 19.8. The number of piperidine rings is 1. The van der Waals surface area contributed by atoms with Gasteiger partial charge in [-0.3, -0.25) is 4.79 Å². The van der Waals surface area contributed by atoms with Crippen LogP contribution in [0.5, 0.6) is 0 Å². The number of esters is 1. The minimum atomic E-state index is -4.01. The normalized spacial score (nSPS) is 17.3. The van der Waals surface area contributed by atoms with Crippen molar-refractivity contribution in [3.63, 3.8) is 0 Å². The summed E-state index contributed by atoms with van der Waals surface area (Å²) in [4.78, 5) is 25.3. The first kappa shape index (κ1) is 24.1. The molecule has 1 amide bonds. The topological polar surface area (TPSA) is 111 Å². The first-order valence-corrected chi connectivity index (χ1v) is 12.3. The van der Waals surface area contributed by atoms with Crippen molar-refractivity contribution in [2.45, 2.75) is 58.5 Å². The number of hydrogen-bond acceptors (Lipinski definition) is 6. The third-order valence-corrected chi connectivity index (χ3v) is 7.92. The van der Waals surface area contributed by atoms with Crippen molar-refractivity contribution in [2.24, 2.45) is 5.92 Å². The molecule has 1 atom stereocenters. The molecular formula is C22H31N3O6S. The van der Waals surface area contributed by atoms with Crippen LogP contribution in [0.1, 0.15) is 54.2 Å². The molecule has 9 nitrogen and oxygen atoms in total. The molecule has 32 heavy (non-hydrogen) atoms. The molecule has 0 unspecified atom stereocenters. The van der Waals surface area contributed by atoms with E-state index in [0.717, 1.165) is 0 Å². The highest BCUT2D eigenvalue weighted by Gasteiger charge is 2.39. The number of furan rings is 1. The molecule has 2 aromatic rings. The van der Waals surface area contributed by atoms with Gasteiger partial charge in [0.15, 0.2) is 0 Å². The number of carbonyl (C=O) groups excluding carboxylic acids is 2. The van der Waals surface area contributed by atoms with Gasteiger partial charge in [0.25, 0.3) is 0 Å². The molecule has 0 aromatic carbocycles. The third kappa shape index (κ3) is 4.61. The van der Waals surface area contributed by atoms with Gasteiger partial charge in [-0.2, -0.15) is 4.31 Å². The fourth-order valence-corrected chi connectivity index (χ4v) is 6.30. The lowest BCUT2D eigenvalue weighted by Crippen LogP contribution is -2.45. The van der Waals surface area contributed by atoms with Crippen molar-refractivity contribution >= 4 is 21.9 Å². The molecule has 0 radical (unpaired) electrons. The average Bonchev–Trinajstić information content (AvgIpc) is 3.38. The summed E-state index contributed by atoms with van der Waals surface area (Å²) in [6.45, 7) is 8.28. The number of amides is 1. The maximum absolute atomic E-state index is 13.7. The van der Waals surface area contributed by atoms with Gasteiger partial charge in [0.1, 0.15) is 16.2 Å². The van der Waals surface area contributed by atoms with Crippen molar-refractivity contribution in [3.05, 3.63) is 41.1 Å². The van der Waals surface area contributed by atoms with Crippen molar-refractivity contribution in [1.29, 1.82) is 0 Å². The van der Waals surface area contributed by atoms with E-state index in [2.05, 4.69) is 5.32 Å². The summed E-state index contributed by atoms with van der Waals surface area (Å²) in [7, 11) is -4.01. The SMILES string of the molecule is CCOC(=O)c1c(S(=O)(=O)N2CCC[C@@H](C(=O)NCc3ccco3)C2)c(C)n(CC)c1C. The Morgan fingerprint density at radius 3 is 2.62 bits per heavy atom. The standard InChI is InChI=1S/C22H31N3O6S/c1-5-25-15(3)19(22(27)30-6-2)20(16(25)4)32(28,29)24-11-7-9-17(14-24)21(26)23-13-18-10-8-12-31-18/h8,10,12,17H,5-7,9,11,13-14H2,1-4H3,(H,23,26)/t17-/m1/s1. The molecule has 0 bridgehead atoms. The van der Waals surface area contributed by atoms with E-state index < -0.39 is 21.9 Å². The van der Waals surface area contributed by atoms with Gasteiger partial charge in [0.05, 0.1) is 25.3 Å². The van der Waals surface area contributed by atoms with Crippen LogP contribution in [0.25, 0.3) is 0 Å². The van der Waals surface area contributed by atoms with Gasteiger partial charge in [0.2, 0.25) is 15.9 Å². The van der Waals surface area contributed by atoms with E-state index in [0.29, 0.717) is 43.1 Å². The monoisotopic (exact) mass is 465 g/mol. The number of sulfonamides is 1. The van der Waals surface area contributed by atoms with Crippen LogP contribution in [-0.4, -0.2) is 48.9 Å². The maximum atomic E-state index is 13.7. The molecule has 3 heterocycles. The molecule has 1 aliphatic heterocycles. The van der Waals surface area contributed by atoms with Gasteiger partial charge in [-0.05, 0) is 52.7 Å². The van der Waals surface area contributed by atoms with Gasteiger partial charge < -0.3 is 19.0 Å². The molecule has 10 heteroatoms. The molecule has 176 valence electrons. The van der Waals surface area contributed by atoms with Crippen molar-refractivity contribution in [1.82, 2.24) is 14.2 Å². The molecule has 0 aliphatic carbocycles. The molecular weight excluding hydrogens is 434 g/mol. The van der Waals surface area contributed by atoms with Crippen LogP contribution in [0.2, 0.25) is 0 Å². The highest BCUT2D eigenvalue weighted by atomic mass is 32.2. The van der Waals surface area contributed by atoms with Crippen LogP contribution in [0, 0.1) is 19.8 Å². The number of hydrogen-bond donors (Lipinski definition) is 1. The smallest absolute Gasteiger partial charge is 0.341 e. The van der Waals surface area contributed by atoms with Crippen LogP contribution in [-0.2, 0) is 32.6 Å². The predicted octanol–water partition coefficient (Wildman–Crippen LogP) is 2.61. The van der Waals surface area contributed by atoms with E-state index in [1.54, 1.807) is 37.5 Å². The van der Waals surface area contributed by atoms with Gasteiger partial charge >= 0.3 is 5.97 Å². The lowest BCUT2D eigenvalue weighted by Gasteiger charge is -2.31. The summed E-state index contributed by atoms with van der Waals surface area (Å²) < 4.78 is 40.9. The molecule has 1 saturated heterocycles. The van der Waals surface area contributed by atoms with E-state index in [9.17, 15) is 18.0 Å². The molecule has 1 aliphatic rings. The largest absolute Gasteiger partial charge is 0.467 e. The van der Waals surface area contributed by atoms with Crippen molar-refractivity contribution < 1.29 is 27.2 Å². The van der Waals surface area contributed by atoms with E-state index in [-0.39, 0.29) is 36.1 Å². The second-order valence-electron chi connectivity index (χ2n) is 7.84. The van der Waals surface area contributed by atoms with Crippen LogP contribution in [0.4, 0.5) is 0 Å². The van der Waals surface area contributed by atoms with E-state index in [4.69, 9.17) is 9.15 Å². The quantitative estimate of drug-likeness (QED) is 0.600. The fraction of sp³-hybridized carbons (Fsp3) is 0.545. The summed E-state index contributed by atoms with van der Waals surface area (Å²) in [6.07, 6.45) is 2.68. The van der Waals surface area contributed by atoms with E-state index in [1.165, 1.54) is 10.6 Å². The summed E-state index contributed by atoms with van der Waals surface area (Å²) in [5.41, 5.74) is 1.14. The minimum absolute atomic E-state index is 0.0213. The number of carbonyl (C=O) groups is 2. The first-order valence-electron chi connectivity index (χ1n) is 10.9. The average molecular weight is 466 g/mol.